The van der Waals surface area contributed by atoms with E-state index in [9.17, 15) is 0 Å². The molecule has 1 rings (SSSR count). The van der Waals surface area contributed by atoms with Crippen LogP contribution in [-0.2, 0) is 6.42 Å². The van der Waals surface area contributed by atoms with Gasteiger partial charge in [0.2, 0.25) is 0 Å². The average molecular weight is 178 g/mol. The number of aryl methyl sites for hydroxylation is 1. The van der Waals surface area contributed by atoms with Gasteiger partial charge in [-0.3, -0.25) is 0 Å². The van der Waals surface area contributed by atoms with Crippen molar-refractivity contribution in [2.24, 2.45) is 21.2 Å². The highest BCUT2D eigenvalue weighted by atomic mass is 15.3. The van der Waals surface area contributed by atoms with Crippen LogP contribution in [0.15, 0.2) is 27.5 Å². The number of hydrogen-bond acceptors (Lipinski definition) is 4. The molecule has 0 bridgehead atoms. The summed E-state index contributed by atoms with van der Waals surface area (Å²) in [5, 5.41) is 14.1. The van der Waals surface area contributed by atoms with Crippen molar-refractivity contribution in [3.8, 4) is 0 Å². The molecule has 0 aromatic carbocycles. The second-order valence-electron chi connectivity index (χ2n) is 2.21. The van der Waals surface area contributed by atoms with Crippen LogP contribution >= 0.6 is 0 Å². The summed E-state index contributed by atoms with van der Waals surface area (Å²) in [5.74, 6) is 5.26. The summed E-state index contributed by atoms with van der Waals surface area (Å²) in [6.07, 6.45) is 2.08. The Hall–Kier alpha value is -1.85. The monoisotopic (exact) mass is 178 g/mol. The molecule has 0 saturated carbocycles. The van der Waals surface area contributed by atoms with Gasteiger partial charge in [-0.25, -0.2) is 4.99 Å². The molecule has 0 amide bonds. The number of nitrogens with zero attached hydrogens (tertiary/aromatic N) is 5. The van der Waals surface area contributed by atoms with Gasteiger partial charge in [0, 0.05) is 0 Å². The van der Waals surface area contributed by atoms with E-state index in [1.165, 1.54) is 6.34 Å². The number of hydrogen-bond donors (Lipinski definition) is 1. The molecule has 0 atom stereocenters. The lowest BCUT2D eigenvalue weighted by Gasteiger charge is -1.92. The Morgan fingerprint density at radius 3 is 2.85 bits per heavy atom. The summed E-state index contributed by atoms with van der Waals surface area (Å²) in [6.45, 7) is 2.01. The van der Waals surface area contributed by atoms with Crippen molar-refractivity contribution < 1.29 is 0 Å². The van der Waals surface area contributed by atoms with Crippen LogP contribution in [0.3, 0.4) is 0 Å². The molecular weight excluding hydrogens is 168 g/mol. The Kier molecular flexibility index (Phi) is 3.49. The molecule has 0 fully saturated rings. The van der Waals surface area contributed by atoms with E-state index in [1.54, 1.807) is 6.07 Å². The van der Waals surface area contributed by atoms with E-state index in [2.05, 4.69) is 25.5 Å². The second-order valence-corrected chi connectivity index (χ2v) is 2.21. The van der Waals surface area contributed by atoms with E-state index in [-0.39, 0.29) is 0 Å². The van der Waals surface area contributed by atoms with Gasteiger partial charge in [0.1, 0.15) is 6.34 Å². The van der Waals surface area contributed by atoms with Crippen LogP contribution in [0.1, 0.15) is 12.6 Å². The molecule has 1 aromatic heterocycles. The summed E-state index contributed by atoms with van der Waals surface area (Å²) < 4.78 is 0. The number of nitrogens with two attached hydrogens (primary N) is 1. The molecule has 68 valence electrons. The van der Waals surface area contributed by atoms with Gasteiger partial charge in [0.05, 0.1) is 5.69 Å². The molecule has 0 saturated heterocycles. The molecule has 2 N–H and O–H groups in total. The van der Waals surface area contributed by atoms with Crippen LogP contribution in [0.5, 0.6) is 0 Å². The zero-order valence-corrected chi connectivity index (χ0v) is 7.25. The van der Waals surface area contributed by atoms with Gasteiger partial charge in [-0.1, -0.05) is 12.1 Å². The van der Waals surface area contributed by atoms with E-state index in [4.69, 9.17) is 5.84 Å². The molecule has 0 aliphatic carbocycles. The van der Waals surface area contributed by atoms with Crippen LogP contribution in [0.2, 0.25) is 0 Å². The standard InChI is InChI=1S/C7H10N6/c1-2-6-3-4-7(12-11-6)9-5-10-13-8/h3-5H,2H2,1H3,(H2,8,9,10,12). The van der Waals surface area contributed by atoms with Gasteiger partial charge >= 0.3 is 0 Å². The third-order valence-electron chi connectivity index (χ3n) is 1.38. The lowest BCUT2D eigenvalue weighted by Crippen LogP contribution is -1.88. The van der Waals surface area contributed by atoms with E-state index in [1.807, 2.05) is 13.0 Å². The largest absolute Gasteiger partial charge is 0.305 e. The van der Waals surface area contributed by atoms with Crippen LogP contribution in [0.25, 0.3) is 0 Å². The Labute approximate surface area is 75.6 Å². The van der Waals surface area contributed by atoms with Gasteiger partial charge < -0.3 is 5.84 Å². The van der Waals surface area contributed by atoms with Crippen molar-refractivity contribution in [2.45, 2.75) is 13.3 Å². The minimum absolute atomic E-state index is 0.490. The Bertz CT molecular complexity index is 301. The van der Waals surface area contributed by atoms with Crippen molar-refractivity contribution in [1.29, 1.82) is 0 Å². The molecule has 0 unspecified atom stereocenters. The van der Waals surface area contributed by atoms with Gasteiger partial charge in [0.15, 0.2) is 5.82 Å². The summed E-state index contributed by atoms with van der Waals surface area (Å²) in [7, 11) is 0. The maximum absolute atomic E-state index is 4.77. The molecule has 13 heavy (non-hydrogen) atoms. The van der Waals surface area contributed by atoms with Crippen LogP contribution in [-0.4, -0.2) is 16.5 Å². The first-order chi connectivity index (χ1) is 6.36. The van der Waals surface area contributed by atoms with Crippen molar-refractivity contribution in [2.75, 3.05) is 0 Å². The molecule has 0 radical (unpaired) electrons. The molecule has 0 aliphatic rings. The maximum Gasteiger partial charge on any atom is 0.176 e. The van der Waals surface area contributed by atoms with E-state index < -0.39 is 0 Å². The smallest absolute Gasteiger partial charge is 0.176 e. The van der Waals surface area contributed by atoms with Gasteiger partial charge in [-0.05, 0) is 18.6 Å². The predicted octanol–water partition coefficient (Wildman–Crippen LogP) is 1.02. The quantitative estimate of drug-likeness (QED) is 0.246. The predicted molar refractivity (Wildman–Crippen MR) is 48.6 cm³/mol. The van der Waals surface area contributed by atoms with Crippen LogP contribution < -0.4 is 5.84 Å². The van der Waals surface area contributed by atoms with Crippen LogP contribution in [0, 0.1) is 0 Å². The maximum atomic E-state index is 4.77. The summed E-state index contributed by atoms with van der Waals surface area (Å²) >= 11 is 0. The van der Waals surface area contributed by atoms with Crippen molar-refractivity contribution in [1.82, 2.24) is 10.2 Å². The Balaban J connectivity index is 2.69. The minimum atomic E-state index is 0.490. The Morgan fingerprint density at radius 1 is 1.46 bits per heavy atom. The highest BCUT2D eigenvalue weighted by Gasteiger charge is 1.91. The SMILES string of the molecule is CCc1ccc(N=CN=NN)nn1. The first kappa shape index (κ1) is 9.24. The first-order valence-corrected chi connectivity index (χ1v) is 3.82. The van der Waals surface area contributed by atoms with Crippen molar-refractivity contribution in [3.05, 3.63) is 17.8 Å². The zero-order valence-electron chi connectivity index (χ0n) is 7.25. The van der Waals surface area contributed by atoms with Crippen molar-refractivity contribution >= 4 is 12.2 Å². The Morgan fingerprint density at radius 2 is 2.31 bits per heavy atom. The minimum Gasteiger partial charge on any atom is -0.305 e. The average Bonchev–Trinajstić information content (AvgIpc) is 2.19. The number of aromatic nitrogens is 2. The topological polar surface area (TPSA) is 88.9 Å². The third kappa shape index (κ3) is 2.94. The fraction of sp³-hybridized carbons (Fsp3) is 0.286. The number of aliphatic imine (C=N–C) groups is 1. The summed E-state index contributed by atoms with van der Waals surface area (Å²) in [4.78, 5) is 3.83. The molecule has 1 heterocycles. The normalized spacial score (nSPS) is 11.5. The lowest BCUT2D eigenvalue weighted by atomic mass is 10.3. The van der Waals surface area contributed by atoms with Crippen molar-refractivity contribution in [3.63, 3.8) is 0 Å². The molecule has 1 aromatic rings. The van der Waals surface area contributed by atoms with Gasteiger partial charge in [0.25, 0.3) is 0 Å². The highest BCUT2D eigenvalue weighted by Crippen LogP contribution is 2.05. The van der Waals surface area contributed by atoms with Gasteiger partial charge in [-0.2, -0.15) is 5.10 Å². The molecular formula is C7H10N6. The molecule has 0 spiro atoms. The first-order valence-electron chi connectivity index (χ1n) is 3.82. The zero-order chi connectivity index (χ0) is 9.52. The number of rotatable bonds is 3. The highest BCUT2D eigenvalue weighted by molar-refractivity contribution is 5.59. The second kappa shape index (κ2) is 4.91. The summed E-state index contributed by atoms with van der Waals surface area (Å²) in [6, 6.07) is 3.62. The van der Waals surface area contributed by atoms with E-state index in [0.29, 0.717) is 5.82 Å². The molecule has 6 nitrogen and oxygen atoms in total. The molecule has 0 aliphatic heterocycles. The van der Waals surface area contributed by atoms with E-state index in [0.717, 1.165) is 12.1 Å². The summed E-state index contributed by atoms with van der Waals surface area (Å²) in [5.41, 5.74) is 0.930. The van der Waals surface area contributed by atoms with E-state index >= 15 is 0 Å². The third-order valence-corrected chi connectivity index (χ3v) is 1.38. The fourth-order valence-corrected chi connectivity index (χ4v) is 0.725. The molecule has 6 heteroatoms. The van der Waals surface area contributed by atoms with Crippen LogP contribution in [0.4, 0.5) is 5.82 Å². The van der Waals surface area contributed by atoms with Gasteiger partial charge in [-0.15, -0.1) is 10.2 Å². The lowest BCUT2D eigenvalue weighted by molar-refractivity contribution is 0.918. The fourth-order valence-electron chi connectivity index (χ4n) is 0.725.